The van der Waals surface area contributed by atoms with Gasteiger partial charge >= 0.3 is 12.1 Å². The van der Waals surface area contributed by atoms with E-state index in [1.165, 1.54) is 18.7 Å². The molecule has 3 aromatic rings. The molecule has 3 N–H and O–H groups in total. The fraction of sp³-hybridized carbons (Fsp3) is 0.516. The number of halogens is 1. The van der Waals surface area contributed by atoms with Crippen LogP contribution in [0.1, 0.15) is 66.7 Å². The maximum Gasteiger partial charge on any atom is 0.410 e. The molecule has 2 aliphatic rings. The molecule has 1 aliphatic heterocycles. The lowest BCUT2D eigenvalue weighted by Gasteiger charge is -2.47. The quantitative estimate of drug-likeness (QED) is 0.320. The molecule has 1 saturated carbocycles. The van der Waals surface area contributed by atoms with Crippen LogP contribution < -0.4 is 20.9 Å². The number of hydrogen-bond donors (Lipinski definition) is 3. The predicted molar refractivity (Wildman–Crippen MR) is 165 cm³/mol. The Morgan fingerprint density at radius 2 is 1.77 bits per heavy atom. The summed E-state index contributed by atoms with van der Waals surface area (Å²) >= 11 is 0. The molecule has 5 rings (SSSR count). The molecule has 230 valence electrons. The molecule has 11 nitrogen and oxygen atoms in total. The summed E-state index contributed by atoms with van der Waals surface area (Å²) in [4.78, 5) is 42.2. The van der Waals surface area contributed by atoms with Gasteiger partial charge in [0, 0.05) is 48.6 Å². The van der Waals surface area contributed by atoms with Gasteiger partial charge in [0.25, 0.3) is 0 Å². The van der Waals surface area contributed by atoms with Crippen LogP contribution in [0.5, 0.6) is 0 Å². The number of ether oxygens (including phenoxy) is 1. The molecule has 2 fully saturated rings. The van der Waals surface area contributed by atoms with Crippen LogP contribution in [0, 0.1) is 5.82 Å². The normalized spacial score (nSPS) is 17.4. The Morgan fingerprint density at radius 3 is 2.44 bits per heavy atom. The lowest BCUT2D eigenvalue weighted by atomic mass is 9.96. The van der Waals surface area contributed by atoms with Crippen LogP contribution in [-0.4, -0.2) is 68.8 Å². The van der Waals surface area contributed by atoms with Crippen molar-refractivity contribution in [2.45, 2.75) is 83.9 Å². The molecule has 1 aliphatic carbocycles. The maximum atomic E-state index is 14.7. The highest BCUT2D eigenvalue weighted by molar-refractivity contribution is 5.90. The van der Waals surface area contributed by atoms with Crippen molar-refractivity contribution in [2.75, 3.05) is 35.2 Å². The van der Waals surface area contributed by atoms with Crippen LogP contribution in [0.4, 0.5) is 37.1 Å². The van der Waals surface area contributed by atoms with E-state index in [4.69, 9.17) is 4.74 Å². The molecule has 3 heterocycles. The molecule has 0 bridgehead atoms. The molecule has 12 heteroatoms. The molecule has 0 unspecified atom stereocenters. The number of anilines is 4. The van der Waals surface area contributed by atoms with E-state index in [9.17, 15) is 14.0 Å². The molecule has 3 amide bonds. The minimum atomic E-state index is -0.652. The lowest BCUT2D eigenvalue weighted by molar-refractivity contribution is 0.000371. The number of fused-ring (bicyclic) bond motifs is 1. The Bertz CT molecular complexity index is 1470. The standard InChI is InChI=1S/C31H41FN8O3/c1-30(2,3)43-29(42)40-16-15-39(19-31(40,4)5)23-13-11-22(12-14-23)34-27-33-18-20-17-24(32)26(36-25(20)37-27)38-28(41)35-21-9-7-6-8-10-21/h11-14,17-18,21H,6-10,15-16,19H2,1-5H3,(H3,33,34,35,36,37,38,41). The van der Waals surface area contributed by atoms with Gasteiger partial charge in [0.2, 0.25) is 5.95 Å². The summed E-state index contributed by atoms with van der Waals surface area (Å²) in [6.45, 7) is 11.6. The zero-order chi connectivity index (χ0) is 30.8. The van der Waals surface area contributed by atoms with Gasteiger partial charge in [-0.15, -0.1) is 0 Å². The number of nitrogens with one attached hydrogen (secondary N) is 3. The highest BCUT2D eigenvalue weighted by Crippen LogP contribution is 2.29. The van der Waals surface area contributed by atoms with Crippen molar-refractivity contribution in [1.82, 2.24) is 25.2 Å². The number of carbonyl (C=O) groups excluding carboxylic acids is 2. The van der Waals surface area contributed by atoms with Crippen LogP contribution >= 0.6 is 0 Å². The highest BCUT2D eigenvalue weighted by Gasteiger charge is 2.39. The van der Waals surface area contributed by atoms with E-state index in [0.717, 1.165) is 37.1 Å². The third-order valence-electron chi connectivity index (χ3n) is 7.70. The lowest BCUT2D eigenvalue weighted by Crippen LogP contribution is -2.61. The van der Waals surface area contributed by atoms with E-state index in [0.29, 0.717) is 31.0 Å². The minimum Gasteiger partial charge on any atom is -0.444 e. The number of rotatable bonds is 5. The van der Waals surface area contributed by atoms with Crippen molar-refractivity contribution < 1.29 is 18.7 Å². The first-order valence-electron chi connectivity index (χ1n) is 14.9. The molecule has 0 atom stereocenters. The molecule has 1 saturated heterocycles. The van der Waals surface area contributed by atoms with Crippen LogP contribution in [-0.2, 0) is 4.74 Å². The van der Waals surface area contributed by atoms with Crippen LogP contribution in [0.15, 0.2) is 36.5 Å². The van der Waals surface area contributed by atoms with Crippen molar-refractivity contribution in [3.63, 3.8) is 0 Å². The number of benzene rings is 1. The topological polar surface area (TPSA) is 125 Å². The van der Waals surface area contributed by atoms with Gasteiger partial charge < -0.3 is 20.3 Å². The number of amides is 3. The van der Waals surface area contributed by atoms with Gasteiger partial charge in [-0.3, -0.25) is 10.2 Å². The number of pyridine rings is 1. The zero-order valence-electron chi connectivity index (χ0n) is 25.5. The Hall–Kier alpha value is -4.22. The van der Waals surface area contributed by atoms with Crippen LogP contribution in [0.2, 0.25) is 0 Å². The zero-order valence-corrected chi connectivity index (χ0v) is 25.5. The summed E-state index contributed by atoms with van der Waals surface area (Å²) < 4.78 is 20.3. The van der Waals surface area contributed by atoms with Gasteiger partial charge in [0.05, 0.1) is 5.54 Å². The van der Waals surface area contributed by atoms with Gasteiger partial charge in [-0.25, -0.2) is 23.9 Å². The van der Waals surface area contributed by atoms with Crippen molar-refractivity contribution >= 4 is 46.3 Å². The average molecular weight is 593 g/mol. The summed E-state index contributed by atoms with van der Waals surface area (Å²) in [6.07, 6.45) is 6.37. The van der Waals surface area contributed by atoms with Crippen LogP contribution in [0.25, 0.3) is 11.0 Å². The number of carbonyl (C=O) groups is 2. The fourth-order valence-corrected chi connectivity index (χ4v) is 5.58. The Balaban J connectivity index is 1.22. The second-order valence-electron chi connectivity index (χ2n) is 12.9. The second-order valence-corrected chi connectivity index (χ2v) is 12.9. The number of urea groups is 1. The summed E-state index contributed by atoms with van der Waals surface area (Å²) in [5, 5.41) is 9.03. The molecule has 0 spiro atoms. The van der Waals surface area contributed by atoms with Gasteiger partial charge in [0.15, 0.2) is 17.3 Å². The Kier molecular flexibility index (Phi) is 8.57. The summed E-state index contributed by atoms with van der Waals surface area (Å²) in [5.41, 5.74) is 1.10. The Morgan fingerprint density at radius 1 is 1.05 bits per heavy atom. The third kappa shape index (κ3) is 7.60. The van der Waals surface area contributed by atoms with Crippen molar-refractivity contribution in [2.24, 2.45) is 0 Å². The van der Waals surface area contributed by atoms with Crippen molar-refractivity contribution in [3.05, 3.63) is 42.3 Å². The summed E-state index contributed by atoms with van der Waals surface area (Å²) in [6, 6.07) is 8.75. The first kappa shape index (κ1) is 30.2. The van der Waals surface area contributed by atoms with Crippen molar-refractivity contribution in [1.29, 1.82) is 0 Å². The van der Waals surface area contributed by atoms with Gasteiger partial charge in [-0.05, 0) is 77.8 Å². The first-order valence-corrected chi connectivity index (χ1v) is 14.9. The Labute approximate surface area is 251 Å². The molecular weight excluding hydrogens is 551 g/mol. The minimum absolute atomic E-state index is 0.0927. The summed E-state index contributed by atoms with van der Waals surface area (Å²) in [7, 11) is 0. The molecule has 0 radical (unpaired) electrons. The van der Waals surface area contributed by atoms with Gasteiger partial charge in [-0.1, -0.05) is 19.3 Å². The number of piperazine rings is 1. The highest BCUT2D eigenvalue weighted by atomic mass is 19.1. The third-order valence-corrected chi connectivity index (χ3v) is 7.70. The smallest absolute Gasteiger partial charge is 0.410 e. The monoisotopic (exact) mass is 592 g/mol. The SMILES string of the molecule is CC(C)(C)OC(=O)N1CCN(c2ccc(Nc3ncc4cc(F)c(NC(=O)NC5CCCCC5)nc4n3)cc2)CC1(C)C. The van der Waals surface area contributed by atoms with Crippen LogP contribution in [0.3, 0.4) is 0 Å². The maximum absolute atomic E-state index is 14.7. The number of nitrogens with zero attached hydrogens (tertiary/aromatic N) is 5. The average Bonchev–Trinajstić information content (AvgIpc) is 2.93. The number of hydrogen-bond acceptors (Lipinski definition) is 8. The van der Waals surface area contributed by atoms with Gasteiger partial charge in [0.1, 0.15) is 5.60 Å². The molecule has 43 heavy (non-hydrogen) atoms. The first-order chi connectivity index (χ1) is 20.4. The summed E-state index contributed by atoms with van der Waals surface area (Å²) in [5.74, 6) is -0.533. The van der Waals surface area contributed by atoms with E-state index < -0.39 is 23.0 Å². The number of aromatic nitrogens is 3. The molecular formula is C31H41FN8O3. The van der Waals surface area contributed by atoms with E-state index in [-0.39, 0.29) is 23.6 Å². The fourth-order valence-electron chi connectivity index (χ4n) is 5.58. The molecule has 2 aromatic heterocycles. The second kappa shape index (κ2) is 12.2. The van der Waals surface area contributed by atoms with Crippen molar-refractivity contribution in [3.8, 4) is 0 Å². The largest absolute Gasteiger partial charge is 0.444 e. The van der Waals surface area contributed by atoms with E-state index in [1.807, 2.05) is 58.9 Å². The van der Waals surface area contributed by atoms with Gasteiger partial charge in [-0.2, -0.15) is 4.98 Å². The van der Waals surface area contributed by atoms with E-state index >= 15 is 0 Å². The molecule has 1 aromatic carbocycles. The van der Waals surface area contributed by atoms with E-state index in [1.54, 1.807) is 4.90 Å². The van der Waals surface area contributed by atoms with E-state index in [2.05, 4.69) is 35.8 Å². The predicted octanol–water partition coefficient (Wildman–Crippen LogP) is 6.20.